The minimum absolute atomic E-state index is 0.232. The number of ether oxygens (including phenoxy) is 1. The van der Waals surface area contributed by atoms with Crippen molar-refractivity contribution in [3.8, 4) is 0 Å². The zero-order valence-electron chi connectivity index (χ0n) is 9.20. The third-order valence-electron chi connectivity index (χ3n) is 2.85. The first-order valence-corrected chi connectivity index (χ1v) is 5.31. The summed E-state index contributed by atoms with van der Waals surface area (Å²) in [6.07, 6.45) is 1.25. The van der Waals surface area contributed by atoms with Crippen molar-refractivity contribution in [1.29, 1.82) is 0 Å². The molecule has 0 saturated carbocycles. The maximum atomic E-state index is 13.1. The molecule has 0 amide bonds. The summed E-state index contributed by atoms with van der Waals surface area (Å²) in [5, 5.41) is 0. The van der Waals surface area contributed by atoms with Crippen molar-refractivity contribution in [2.75, 3.05) is 25.1 Å². The topological polar surface area (TPSA) is 29.5 Å². The third-order valence-corrected chi connectivity index (χ3v) is 2.85. The molecule has 2 rings (SSSR count). The second-order valence-electron chi connectivity index (χ2n) is 3.84. The first-order valence-electron chi connectivity index (χ1n) is 5.31. The van der Waals surface area contributed by atoms with Crippen molar-refractivity contribution in [3.05, 3.63) is 29.6 Å². The van der Waals surface area contributed by atoms with E-state index in [1.165, 1.54) is 19.2 Å². The smallest absolute Gasteiger partial charge is 0.307 e. The molecule has 0 N–H and O–H groups in total. The Morgan fingerprint density at radius 1 is 1.56 bits per heavy atom. The van der Waals surface area contributed by atoms with E-state index < -0.39 is 0 Å². The van der Waals surface area contributed by atoms with Crippen LogP contribution < -0.4 is 4.90 Å². The van der Waals surface area contributed by atoms with Crippen LogP contribution in [0.2, 0.25) is 0 Å². The lowest BCUT2D eigenvalue weighted by molar-refractivity contribution is -0.140. The minimum atomic E-state index is -0.233. The molecule has 1 aromatic rings. The van der Waals surface area contributed by atoms with Gasteiger partial charge in [0.25, 0.3) is 0 Å². The molecule has 1 heterocycles. The van der Waals surface area contributed by atoms with E-state index in [2.05, 4.69) is 4.74 Å². The molecule has 3 nitrogen and oxygen atoms in total. The predicted octanol–water partition coefficient (Wildman–Crippen LogP) is 1.75. The van der Waals surface area contributed by atoms with Gasteiger partial charge in [-0.15, -0.1) is 0 Å². The van der Waals surface area contributed by atoms with Gasteiger partial charge in [-0.05, 0) is 24.1 Å². The molecule has 0 spiro atoms. The normalized spacial score (nSPS) is 13.8. The summed E-state index contributed by atoms with van der Waals surface area (Å²) in [5.74, 6) is -0.464. The Bertz CT molecular complexity index is 406. The molecule has 0 aromatic heterocycles. The van der Waals surface area contributed by atoms with Crippen LogP contribution >= 0.6 is 0 Å². The maximum Gasteiger partial charge on any atom is 0.307 e. The summed E-state index contributed by atoms with van der Waals surface area (Å²) in [6.45, 7) is 1.43. The van der Waals surface area contributed by atoms with Crippen LogP contribution in [-0.2, 0) is 16.0 Å². The molecule has 1 aromatic carbocycles. The molecule has 0 saturated heterocycles. The van der Waals surface area contributed by atoms with Gasteiger partial charge in [0.2, 0.25) is 0 Å². The minimum Gasteiger partial charge on any atom is -0.469 e. The van der Waals surface area contributed by atoms with E-state index in [0.29, 0.717) is 13.0 Å². The van der Waals surface area contributed by atoms with Gasteiger partial charge in [0.05, 0.1) is 13.5 Å². The highest BCUT2D eigenvalue weighted by Crippen LogP contribution is 2.28. The molecule has 0 unspecified atom stereocenters. The van der Waals surface area contributed by atoms with Gasteiger partial charge in [-0.2, -0.15) is 0 Å². The number of methoxy groups -OCH3 is 1. The lowest BCUT2D eigenvalue weighted by Crippen LogP contribution is -2.24. The van der Waals surface area contributed by atoms with Gasteiger partial charge in [0.15, 0.2) is 0 Å². The number of halogens is 1. The molecule has 1 aliphatic heterocycles. The van der Waals surface area contributed by atoms with E-state index >= 15 is 0 Å². The van der Waals surface area contributed by atoms with Crippen molar-refractivity contribution in [1.82, 2.24) is 0 Å². The largest absolute Gasteiger partial charge is 0.469 e. The van der Waals surface area contributed by atoms with Gasteiger partial charge in [-0.3, -0.25) is 4.79 Å². The molecular formula is C12H14FNO2. The van der Waals surface area contributed by atoms with Crippen LogP contribution in [0.1, 0.15) is 12.0 Å². The predicted molar refractivity (Wildman–Crippen MR) is 59.0 cm³/mol. The average molecular weight is 223 g/mol. The van der Waals surface area contributed by atoms with Crippen LogP contribution in [0.3, 0.4) is 0 Å². The highest BCUT2D eigenvalue weighted by molar-refractivity contribution is 5.70. The van der Waals surface area contributed by atoms with Crippen LogP contribution in [-0.4, -0.2) is 26.2 Å². The van der Waals surface area contributed by atoms with E-state index in [0.717, 1.165) is 24.2 Å². The first-order chi connectivity index (χ1) is 7.70. The van der Waals surface area contributed by atoms with Crippen molar-refractivity contribution in [2.24, 2.45) is 0 Å². The van der Waals surface area contributed by atoms with Crippen LogP contribution in [0.5, 0.6) is 0 Å². The Hall–Kier alpha value is -1.58. The van der Waals surface area contributed by atoms with Crippen molar-refractivity contribution in [3.63, 3.8) is 0 Å². The number of nitrogens with zero attached hydrogens (tertiary/aromatic N) is 1. The summed E-state index contributed by atoms with van der Waals surface area (Å²) in [7, 11) is 1.37. The summed E-state index contributed by atoms with van der Waals surface area (Å²) in [5.41, 5.74) is 2.05. The number of fused-ring (bicyclic) bond motifs is 1. The van der Waals surface area contributed by atoms with Crippen molar-refractivity contribution >= 4 is 11.7 Å². The van der Waals surface area contributed by atoms with Crippen molar-refractivity contribution < 1.29 is 13.9 Å². The number of carbonyl (C=O) groups excluding carboxylic acids is 1. The molecule has 0 atom stereocenters. The van der Waals surface area contributed by atoms with E-state index in [1.54, 1.807) is 0 Å². The van der Waals surface area contributed by atoms with Gasteiger partial charge in [0.1, 0.15) is 5.82 Å². The zero-order valence-corrected chi connectivity index (χ0v) is 9.20. The maximum absolute atomic E-state index is 13.1. The quantitative estimate of drug-likeness (QED) is 0.731. The lowest BCUT2D eigenvalue weighted by Gasteiger charge is -2.18. The number of hydrogen-bond acceptors (Lipinski definition) is 3. The van der Waals surface area contributed by atoms with Gasteiger partial charge in [-0.25, -0.2) is 4.39 Å². The summed E-state index contributed by atoms with van der Waals surface area (Å²) < 4.78 is 17.7. The van der Waals surface area contributed by atoms with E-state index in [-0.39, 0.29) is 11.8 Å². The monoisotopic (exact) mass is 223 g/mol. The van der Waals surface area contributed by atoms with Gasteiger partial charge in [0, 0.05) is 18.8 Å². The highest BCUT2D eigenvalue weighted by atomic mass is 19.1. The standard InChI is InChI=1S/C12H14FNO2/c1-16-12(15)5-7-14-6-4-9-2-3-10(13)8-11(9)14/h2-3,8H,4-7H2,1H3. The Kier molecular flexibility index (Phi) is 3.08. The second kappa shape index (κ2) is 4.51. The fourth-order valence-corrected chi connectivity index (χ4v) is 1.98. The number of rotatable bonds is 3. The summed E-state index contributed by atoms with van der Waals surface area (Å²) >= 11 is 0. The van der Waals surface area contributed by atoms with Crippen molar-refractivity contribution in [2.45, 2.75) is 12.8 Å². The molecule has 0 aliphatic carbocycles. The molecule has 0 radical (unpaired) electrons. The molecule has 86 valence electrons. The van der Waals surface area contributed by atoms with E-state index in [4.69, 9.17) is 0 Å². The second-order valence-corrected chi connectivity index (χ2v) is 3.84. The van der Waals surface area contributed by atoms with Crippen LogP contribution in [0.15, 0.2) is 18.2 Å². The molecule has 4 heteroatoms. The molecule has 16 heavy (non-hydrogen) atoms. The molecule has 0 bridgehead atoms. The number of anilines is 1. The van der Waals surface area contributed by atoms with Gasteiger partial charge in [-0.1, -0.05) is 6.07 Å². The Labute approximate surface area is 93.8 Å². The fraction of sp³-hybridized carbons (Fsp3) is 0.417. The molecule has 1 aliphatic rings. The van der Waals surface area contributed by atoms with Gasteiger partial charge < -0.3 is 9.64 Å². The Morgan fingerprint density at radius 2 is 2.38 bits per heavy atom. The lowest BCUT2D eigenvalue weighted by atomic mass is 10.2. The summed E-state index contributed by atoms with van der Waals surface area (Å²) in [4.78, 5) is 13.0. The molecular weight excluding hydrogens is 209 g/mol. The Morgan fingerprint density at radius 3 is 3.12 bits per heavy atom. The third kappa shape index (κ3) is 2.15. The van der Waals surface area contributed by atoms with E-state index in [1.807, 2.05) is 11.0 Å². The number of hydrogen-bond donors (Lipinski definition) is 0. The van der Waals surface area contributed by atoms with Crippen LogP contribution in [0, 0.1) is 5.82 Å². The Balaban J connectivity index is 2.05. The van der Waals surface area contributed by atoms with Crippen LogP contribution in [0.4, 0.5) is 10.1 Å². The summed E-state index contributed by atoms with van der Waals surface area (Å²) in [6, 6.07) is 4.81. The zero-order chi connectivity index (χ0) is 11.5. The number of benzene rings is 1. The van der Waals surface area contributed by atoms with Crippen LogP contribution in [0.25, 0.3) is 0 Å². The average Bonchev–Trinajstić information content (AvgIpc) is 2.68. The van der Waals surface area contributed by atoms with Gasteiger partial charge >= 0.3 is 5.97 Å². The fourth-order valence-electron chi connectivity index (χ4n) is 1.98. The van der Waals surface area contributed by atoms with E-state index in [9.17, 15) is 9.18 Å². The SMILES string of the molecule is COC(=O)CCN1CCc2ccc(F)cc21. The first kappa shape index (κ1) is 10.9. The molecule has 0 fully saturated rings. The number of esters is 1. The number of carbonyl (C=O) groups is 1. The highest BCUT2D eigenvalue weighted by Gasteiger charge is 2.19.